The fraction of sp³-hybridized carbons (Fsp3) is 0.636. The summed E-state index contributed by atoms with van der Waals surface area (Å²) < 4.78 is 37.9. The van der Waals surface area contributed by atoms with E-state index < -0.39 is 11.9 Å². The largest absolute Gasteiger partial charge is 0.435 e. The summed E-state index contributed by atoms with van der Waals surface area (Å²) in [7, 11) is 0. The van der Waals surface area contributed by atoms with Gasteiger partial charge in [-0.1, -0.05) is 13.8 Å². The molecule has 1 heterocycles. The van der Waals surface area contributed by atoms with Crippen molar-refractivity contribution < 1.29 is 18.0 Å². The van der Waals surface area contributed by atoms with Crippen molar-refractivity contribution in [2.24, 2.45) is 5.92 Å². The molecule has 7 heteroatoms. The number of hydrogen-bond donors (Lipinski definition) is 1. The highest BCUT2D eigenvalue weighted by atomic mass is 19.4. The van der Waals surface area contributed by atoms with Gasteiger partial charge in [0, 0.05) is 19.2 Å². The van der Waals surface area contributed by atoms with Crippen molar-refractivity contribution in [1.82, 2.24) is 15.1 Å². The smallest absolute Gasteiger partial charge is 0.354 e. The number of carbonyl (C=O) groups is 1. The maximum absolute atomic E-state index is 12.2. The Kier molecular flexibility index (Phi) is 4.75. The number of nitrogens with zero attached hydrogens (tertiary/aromatic N) is 2. The Bertz CT molecular complexity index is 398. The fourth-order valence-corrected chi connectivity index (χ4v) is 1.39. The number of hydrogen-bond acceptors (Lipinski definition) is 2. The van der Waals surface area contributed by atoms with E-state index in [-0.39, 0.29) is 24.9 Å². The maximum atomic E-state index is 12.2. The molecule has 0 fully saturated rings. The minimum Gasteiger partial charge on any atom is -0.354 e. The summed E-state index contributed by atoms with van der Waals surface area (Å²) >= 11 is 0. The van der Waals surface area contributed by atoms with Crippen molar-refractivity contribution >= 4 is 5.91 Å². The Morgan fingerprint density at radius 2 is 2.17 bits per heavy atom. The molecule has 4 nitrogen and oxygen atoms in total. The molecule has 0 spiro atoms. The first-order valence-electron chi connectivity index (χ1n) is 5.66. The van der Waals surface area contributed by atoms with Gasteiger partial charge < -0.3 is 5.32 Å². The van der Waals surface area contributed by atoms with Crippen LogP contribution < -0.4 is 5.32 Å². The van der Waals surface area contributed by atoms with Crippen LogP contribution in [0.3, 0.4) is 0 Å². The van der Waals surface area contributed by atoms with Crippen molar-refractivity contribution in [2.45, 2.75) is 33.0 Å². The van der Waals surface area contributed by atoms with E-state index in [1.54, 1.807) is 0 Å². The summed E-state index contributed by atoms with van der Waals surface area (Å²) in [5.74, 6) is 0.153. The van der Waals surface area contributed by atoms with Gasteiger partial charge in [0.05, 0.1) is 6.54 Å². The Balaban J connectivity index is 2.36. The lowest BCUT2D eigenvalue weighted by molar-refractivity contribution is -0.141. The molecule has 1 rings (SSSR count). The van der Waals surface area contributed by atoms with E-state index in [1.807, 2.05) is 13.8 Å². The molecule has 0 saturated heterocycles. The second-order valence-electron chi connectivity index (χ2n) is 4.41. The van der Waals surface area contributed by atoms with Crippen LogP contribution in [-0.2, 0) is 17.5 Å². The van der Waals surface area contributed by atoms with Gasteiger partial charge in [-0.25, -0.2) is 0 Å². The lowest BCUT2D eigenvalue weighted by Gasteiger charge is -2.07. The summed E-state index contributed by atoms with van der Waals surface area (Å²) in [6.07, 6.45) is -2.77. The van der Waals surface area contributed by atoms with Gasteiger partial charge in [-0.3, -0.25) is 9.48 Å². The molecule has 1 aromatic heterocycles. The van der Waals surface area contributed by atoms with E-state index in [0.29, 0.717) is 6.42 Å². The molecule has 102 valence electrons. The lowest BCUT2D eigenvalue weighted by atomic mass is 10.1. The first-order chi connectivity index (χ1) is 8.29. The minimum absolute atomic E-state index is 0.104. The van der Waals surface area contributed by atoms with Crippen LogP contribution >= 0.6 is 0 Å². The van der Waals surface area contributed by atoms with Crippen LogP contribution in [0.4, 0.5) is 13.2 Å². The molecular formula is C11H16F3N3O. The first-order valence-corrected chi connectivity index (χ1v) is 5.66. The second-order valence-corrected chi connectivity index (χ2v) is 4.41. The molecule has 0 radical (unpaired) electrons. The Hall–Kier alpha value is -1.53. The summed E-state index contributed by atoms with van der Waals surface area (Å²) in [4.78, 5) is 11.3. The first kappa shape index (κ1) is 14.5. The highest BCUT2D eigenvalue weighted by Crippen LogP contribution is 2.27. The third-order valence-corrected chi connectivity index (χ3v) is 2.19. The van der Waals surface area contributed by atoms with Crippen LogP contribution in [0.25, 0.3) is 0 Å². The Morgan fingerprint density at radius 3 is 2.67 bits per heavy atom. The molecule has 1 N–H and O–H groups in total. The molecule has 1 amide bonds. The molecular weight excluding hydrogens is 247 g/mol. The molecule has 0 aromatic carbocycles. The Morgan fingerprint density at radius 1 is 1.50 bits per heavy atom. The third kappa shape index (κ3) is 4.77. The highest BCUT2D eigenvalue weighted by molar-refractivity contribution is 5.75. The van der Waals surface area contributed by atoms with Crippen molar-refractivity contribution in [3.63, 3.8) is 0 Å². The minimum atomic E-state index is -4.42. The zero-order valence-corrected chi connectivity index (χ0v) is 10.3. The number of aromatic nitrogens is 2. The van der Waals surface area contributed by atoms with Crippen molar-refractivity contribution in [1.29, 1.82) is 0 Å². The summed E-state index contributed by atoms with van der Waals surface area (Å²) in [6.45, 7) is 4.33. The van der Waals surface area contributed by atoms with Crippen molar-refractivity contribution in [2.75, 3.05) is 6.54 Å². The van der Waals surface area contributed by atoms with E-state index >= 15 is 0 Å². The maximum Gasteiger partial charge on any atom is 0.435 e. The predicted molar refractivity (Wildman–Crippen MR) is 59.7 cm³/mol. The van der Waals surface area contributed by atoms with Gasteiger partial charge in [-0.15, -0.1) is 0 Å². The quantitative estimate of drug-likeness (QED) is 0.884. The third-order valence-electron chi connectivity index (χ3n) is 2.19. The fourth-order valence-electron chi connectivity index (χ4n) is 1.39. The number of rotatable bonds is 5. The molecule has 0 atom stereocenters. The van der Waals surface area contributed by atoms with Crippen LogP contribution in [0, 0.1) is 5.92 Å². The number of amides is 1. The molecule has 0 aliphatic carbocycles. The van der Waals surface area contributed by atoms with E-state index in [0.717, 1.165) is 6.07 Å². The number of nitrogens with one attached hydrogen (secondary N) is 1. The van der Waals surface area contributed by atoms with Crippen LogP contribution in [0.1, 0.15) is 26.0 Å². The average molecular weight is 263 g/mol. The average Bonchev–Trinajstić information content (AvgIpc) is 2.64. The monoisotopic (exact) mass is 263 g/mol. The van der Waals surface area contributed by atoms with Gasteiger partial charge in [-0.2, -0.15) is 18.3 Å². The SMILES string of the molecule is CC(C)CC(=O)NCCn1ccc(C(F)(F)F)n1. The molecule has 0 saturated carbocycles. The van der Waals surface area contributed by atoms with Crippen molar-refractivity contribution in [3.05, 3.63) is 18.0 Å². The van der Waals surface area contributed by atoms with Crippen LogP contribution in [0.2, 0.25) is 0 Å². The van der Waals surface area contributed by atoms with E-state index in [2.05, 4.69) is 10.4 Å². The lowest BCUT2D eigenvalue weighted by Crippen LogP contribution is -2.28. The van der Waals surface area contributed by atoms with Crippen LogP contribution in [0.5, 0.6) is 0 Å². The van der Waals surface area contributed by atoms with E-state index in [1.165, 1.54) is 10.9 Å². The Labute approximate surface area is 103 Å². The number of halogens is 3. The topological polar surface area (TPSA) is 46.9 Å². The molecule has 1 aromatic rings. The highest BCUT2D eigenvalue weighted by Gasteiger charge is 2.33. The normalized spacial score (nSPS) is 11.9. The standard InChI is InChI=1S/C11H16F3N3O/c1-8(2)7-10(18)15-4-6-17-5-3-9(16-17)11(12,13)14/h3,5,8H,4,6-7H2,1-2H3,(H,15,18). The van der Waals surface area contributed by atoms with Gasteiger partial charge in [0.25, 0.3) is 0 Å². The molecule has 0 aliphatic heterocycles. The molecule has 0 unspecified atom stereocenters. The zero-order chi connectivity index (χ0) is 13.8. The number of carbonyl (C=O) groups excluding carboxylic acids is 1. The van der Waals surface area contributed by atoms with Gasteiger partial charge in [0.1, 0.15) is 0 Å². The zero-order valence-electron chi connectivity index (χ0n) is 10.3. The second kappa shape index (κ2) is 5.88. The summed E-state index contributed by atoms with van der Waals surface area (Å²) in [5.41, 5.74) is -0.920. The van der Waals surface area contributed by atoms with Gasteiger partial charge >= 0.3 is 6.18 Å². The molecule has 18 heavy (non-hydrogen) atoms. The number of alkyl halides is 3. The summed E-state index contributed by atoms with van der Waals surface area (Å²) in [5, 5.41) is 6.01. The molecule has 0 bridgehead atoms. The van der Waals surface area contributed by atoms with Crippen LogP contribution in [-0.4, -0.2) is 22.2 Å². The van der Waals surface area contributed by atoms with E-state index in [4.69, 9.17) is 0 Å². The van der Waals surface area contributed by atoms with Gasteiger partial charge in [-0.05, 0) is 12.0 Å². The summed E-state index contributed by atoms with van der Waals surface area (Å²) in [6, 6.07) is 0.913. The van der Waals surface area contributed by atoms with Crippen LogP contribution in [0.15, 0.2) is 12.3 Å². The van der Waals surface area contributed by atoms with E-state index in [9.17, 15) is 18.0 Å². The van der Waals surface area contributed by atoms with Gasteiger partial charge in [0.2, 0.25) is 5.91 Å². The van der Waals surface area contributed by atoms with Gasteiger partial charge in [0.15, 0.2) is 5.69 Å². The van der Waals surface area contributed by atoms with Crippen molar-refractivity contribution in [3.8, 4) is 0 Å². The predicted octanol–water partition coefficient (Wildman–Crippen LogP) is 2.06. The molecule has 0 aliphatic rings.